The Bertz CT molecular complexity index is 586. The van der Waals surface area contributed by atoms with Gasteiger partial charge in [0.1, 0.15) is 17.2 Å². The van der Waals surface area contributed by atoms with Gasteiger partial charge in [-0.3, -0.25) is 0 Å². The van der Waals surface area contributed by atoms with Crippen molar-refractivity contribution in [2.24, 2.45) is 0 Å². The first-order valence-corrected chi connectivity index (χ1v) is 7.36. The molecule has 1 fully saturated rings. The van der Waals surface area contributed by atoms with E-state index in [1.165, 1.54) is 31.2 Å². The fourth-order valence-electron chi connectivity index (χ4n) is 2.81. The topological polar surface area (TPSA) is 29.5 Å². The van der Waals surface area contributed by atoms with Crippen molar-refractivity contribution < 1.29 is 9.84 Å². The Kier molecular flexibility index (Phi) is 3.83. The van der Waals surface area contributed by atoms with Crippen molar-refractivity contribution in [1.29, 1.82) is 0 Å². The van der Waals surface area contributed by atoms with E-state index in [0.717, 1.165) is 16.5 Å². The van der Waals surface area contributed by atoms with Crippen LogP contribution in [0.3, 0.4) is 0 Å². The van der Waals surface area contributed by atoms with Crippen molar-refractivity contribution in [3.63, 3.8) is 0 Å². The van der Waals surface area contributed by atoms with E-state index in [9.17, 15) is 5.11 Å². The van der Waals surface area contributed by atoms with Gasteiger partial charge in [0.05, 0.1) is 0 Å². The Morgan fingerprint density at radius 3 is 2.40 bits per heavy atom. The third kappa shape index (κ3) is 2.91. The van der Waals surface area contributed by atoms with Crippen LogP contribution >= 0.6 is 11.6 Å². The Balaban J connectivity index is 1.90. The quantitative estimate of drug-likeness (QED) is 0.808. The molecule has 0 radical (unpaired) electrons. The van der Waals surface area contributed by atoms with E-state index in [0.29, 0.717) is 5.92 Å². The van der Waals surface area contributed by atoms with Gasteiger partial charge in [-0.25, -0.2) is 0 Å². The molecule has 0 atom stereocenters. The summed E-state index contributed by atoms with van der Waals surface area (Å²) in [5.41, 5.74) is 1.20. The van der Waals surface area contributed by atoms with Crippen molar-refractivity contribution in [3.8, 4) is 17.2 Å². The second-order valence-electron chi connectivity index (χ2n) is 5.26. The largest absolute Gasteiger partial charge is 0.508 e. The molecule has 1 saturated carbocycles. The van der Waals surface area contributed by atoms with Gasteiger partial charge >= 0.3 is 0 Å². The smallest absolute Gasteiger partial charge is 0.131 e. The third-order valence-corrected chi connectivity index (χ3v) is 4.07. The SMILES string of the molecule is Oc1ccc(Oc2ccc(Cl)cc2C2CCCC2)cc1. The van der Waals surface area contributed by atoms with E-state index in [-0.39, 0.29) is 5.75 Å². The number of halogens is 1. The molecular formula is C17H17ClO2. The van der Waals surface area contributed by atoms with Gasteiger partial charge in [0.15, 0.2) is 0 Å². The average Bonchev–Trinajstić information content (AvgIpc) is 2.97. The van der Waals surface area contributed by atoms with Gasteiger partial charge in [-0.2, -0.15) is 0 Å². The molecule has 104 valence electrons. The molecule has 2 nitrogen and oxygen atoms in total. The standard InChI is InChI=1S/C17H17ClO2/c18-13-5-10-17(16(11-13)12-3-1-2-4-12)20-15-8-6-14(19)7-9-15/h5-12,19H,1-4H2. The fourth-order valence-corrected chi connectivity index (χ4v) is 2.99. The molecule has 0 saturated heterocycles. The first kappa shape index (κ1) is 13.3. The number of phenols is 1. The summed E-state index contributed by atoms with van der Waals surface area (Å²) >= 11 is 6.13. The van der Waals surface area contributed by atoms with Crippen LogP contribution in [0.1, 0.15) is 37.2 Å². The molecule has 3 heteroatoms. The van der Waals surface area contributed by atoms with Crippen LogP contribution in [0.5, 0.6) is 17.2 Å². The minimum Gasteiger partial charge on any atom is -0.508 e. The maximum atomic E-state index is 9.31. The van der Waals surface area contributed by atoms with Gasteiger partial charge in [0, 0.05) is 5.02 Å². The summed E-state index contributed by atoms with van der Waals surface area (Å²) in [6.45, 7) is 0. The third-order valence-electron chi connectivity index (χ3n) is 3.83. The Hall–Kier alpha value is -1.67. The van der Waals surface area contributed by atoms with Gasteiger partial charge in [-0.05, 0) is 66.8 Å². The van der Waals surface area contributed by atoms with Crippen LogP contribution in [0.25, 0.3) is 0 Å². The molecule has 2 aromatic carbocycles. The van der Waals surface area contributed by atoms with E-state index in [1.54, 1.807) is 24.3 Å². The molecule has 1 N–H and O–H groups in total. The Morgan fingerprint density at radius 2 is 1.70 bits per heavy atom. The molecule has 0 amide bonds. The summed E-state index contributed by atoms with van der Waals surface area (Å²) in [7, 11) is 0. The van der Waals surface area contributed by atoms with E-state index < -0.39 is 0 Å². The molecule has 0 heterocycles. The van der Waals surface area contributed by atoms with Crippen molar-refractivity contribution >= 4 is 11.6 Å². The van der Waals surface area contributed by atoms with Crippen molar-refractivity contribution in [1.82, 2.24) is 0 Å². The number of aromatic hydroxyl groups is 1. The highest BCUT2D eigenvalue weighted by Crippen LogP contribution is 2.41. The number of rotatable bonds is 3. The highest BCUT2D eigenvalue weighted by Gasteiger charge is 2.21. The highest BCUT2D eigenvalue weighted by molar-refractivity contribution is 6.30. The molecule has 3 rings (SSSR count). The van der Waals surface area contributed by atoms with Crippen LogP contribution in [-0.2, 0) is 0 Å². The number of hydrogen-bond acceptors (Lipinski definition) is 2. The summed E-state index contributed by atoms with van der Waals surface area (Å²) < 4.78 is 5.96. The molecule has 0 aliphatic heterocycles. The predicted octanol–water partition coefficient (Wildman–Crippen LogP) is 5.50. The minimum atomic E-state index is 0.240. The normalized spacial score (nSPS) is 15.4. The van der Waals surface area contributed by atoms with Crippen LogP contribution in [-0.4, -0.2) is 5.11 Å². The van der Waals surface area contributed by atoms with Crippen LogP contribution in [0.15, 0.2) is 42.5 Å². The second kappa shape index (κ2) is 5.76. The Labute approximate surface area is 124 Å². The van der Waals surface area contributed by atoms with Gasteiger partial charge < -0.3 is 9.84 Å². The molecule has 1 aliphatic rings. The number of phenolic OH excluding ortho intramolecular Hbond substituents is 1. The lowest BCUT2D eigenvalue weighted by molar-refractivity contribution is 0.458. The van der Waals surface area contributed by atoms with Crippen LogP contribution in [0.2, 0.25) is 5.02 Å². The average molecular weight is 289 g/mol. The molecule has 0 spiro atoms. The number of benzene rings is 2. The summed E-state index contributed by atoms with van der Waals surface area (Å²) in [5.74, 6) is 2.38. The van der Waals surface area contributed by atoms with Gasteiger partial charge in [-0.15, -0.1) is 0 Å². The zero-order valence-corrected chi connectivity index (χ0v) is 11.9. The van der Waals surface area contributed by atoms with E-state index in [1.807, 2.05) is 18.2 Å². The maximum Gasteiger partial charge on any atom is 0.131 e. The first-order chi connectivity index (χ1) is 9.72. The van der Waals surface area contributed by atoms with E-state index in [2.05, 4.69) is 0 Å². The van der Waals surface area contributed by atoms with E-state index in [4.69, 9.17) is 16.3 Å². The first-order valence-electron chi connectivity index (χ1n) is 6.99. The summed E-state index contributed by atoms with van der Waals surface area (Å²) in [4.78, 5) is 0. The van der Waals surface area contributed by atoms with Gasteiger partial charge in [0.25, 0.3) is 0 Å². The Morgan fingerprint density at radius 1 is 1.00 bits per heavy atom. The fraction of sp³-hybridized carbons (Fsp3) is 0.294. The predicted molar refractivity (Wildman–Crippen MR) is 80.8 cm³/mol. The molecule has 2 aromatic rings. The van der Waals surface area contributed by atoms with Crippen molar-refractivity contribution in [3.05, 3.63) is 53.1 Å². The van der Waals surface area contributed by atoms with E-state index >= 15 is 0 Å². The lowest BCUT2D eigenvalue weighted by Gasteiger charge is -2.16. The maximum absolute atomic E-state index is 9.31. The lowest BCUT2D eigenvalue weighted by atomic mass is 9.97. The minimum absolute atomic E-state index is 0.240. The molecule has 0 aromatic heterocycles. The monoisotopic (exact) mass is 288 g/mol. The molecule has 1 aliphatic carbocycles. The molecule has 20 heavy (non-hydrogen) atoms. The number of hydrogen-bond donors (Lipinski definition) is 1. The molecular weight excluding hydrogens is 272 g/mol. The molecule has 0 unspecified atom stereocenters. The second-order valence-corrected chi connectivity index (χ2v) is 5.70. The van der Waals surface area contributed by atoms with Crippen molar-refractivity contribution in [2.75, 3.05) is 0 Å². The van der Waals surface area contributed by atoms with Gasteiger partial charge in [0.2, 0.25) is 0 Å². The summed E-state index contributed by atoms with van der Waals surface area (Å²) in [5, 5.41) is 10.1. The summed E-state index contributed by atoms with van der Waals surface area (Å²) in [6.07, 6.45) is 4.95. The highest BCUT2D eigenvalue weighted by atomic mass is 35.5. The molecule has 0 bridgehead atoms. The zero-order valence-electron chi connectivity index (χ0n) is 11.2. The van der Waals surface area contributed by atoms with Gasteiger partial charge in [-0.1, -0.05) is 24.4 Å². The summed E-state index contributed by atoms with van der Waals surface area (Å²) in [6, 6.07) is 12.6. The number of ether oxygens (including phenoxy) is 1. The van der Waals surface area contributed by atoms with Crippen LogP contribution in [0.4, 0.5) is 0 Å². The van der Waals surface area contributed by atoms with Crippen molar-refractivity contribution in [2.45, 2.75) is 31.6 Å². The van der Waals surface area contributed by atoms with Crippen LogP contribution < -0.4 is 4.74 Å². The zero-order chi connectivity index (χ0) is 13.9. The lowest BCUT2D eigenvalue weighted by Crippen LogP contribution is -1.97. The van der Waals surface area contributed by atoms with Crippen LogP contribution in [0, 0.1) is 0 Å².